The molecule has 4 heteroatoms. The van der Waals surface area contributed by atoms with Crippen molar-refractivity contribution in [3.05, 3.63) is 72.8 Å². The van der Waals surface area contributed by atoms with Crippen LogP contribution in [-0.4, -0.2) is 31.1 Å². The Balaban J connectivity index is 0.00000156. The van der Waals surface area contributed by atoms with Gasteiger partial charge in [-0.15, -0.1) is 31.4 Å². The van der Waals surface area contributed by atoms with E-state index in [4.69, 9.17) is 0 Å². The molecule has 1 N–H and O–H groups in total. The Morgan fingerprint density at radius 1 is 0.960 bits per heavy atom. The number of halogens is 2. The molecular formula is C21H28Cl2N2. The van der Waals surface area contributed by atoms with Crippen molar-refractivity contribution in [1.82, 2.24) is 10.2 Å². The van der Waals surface area contributed by atoms with Crippen LogP contribution in [0, 0.1) is 0 Å². The lowest BCUT2D eigenvalue weighted by molar-refractivity contribution is 0.166. The summed E-state index contributed by atoms with van der Waals surface area (Å²) in [4.78, 5) is 2.62. The molecule has 0 unspecified atom stereocenters. The molecule has 1 saturated heterocycles. The summed E-state index contributed by atoms with van der Waals surface area (Å²) in [6, 6.07) is 20.2. The van der Waals surface area contributed by atoms with E-state index >= 15 is 0 Å². The van der Waals surface area contributed by atoms with Crippen molar-refractivity contribution in [2.75, 3.05) is 26.2 Å². The van der Waals surface area contributed by atoms with Crippen molar-refractivity contribution in [2.45, 2.75) is 18.9 Å². The standard InChI is InChI=1S/C21H26N2.2ClH/c1-2-3-12-21(23-15-13-22-14-16-23)20-11-7-10-19(17-20)18-8-5-4-6-9-18;;/h2,4-11,17,21-22H,1,3,12-16H2;2*1H/t21-;;/m0../s1. The molecule has 3 rings (SSSR count). The molecule has 2 aromatic rings. The highest BCUT2D eigenvalue weighted by Crippen LogP contribution is 2.29. The molecule has 2 aromatic carbocycles. The first-order valence-electron chi connectivity index (χ1n) is 8.59. The van der Waals surface area contributed by atoms with Gasteiger partial charge in [0.2, 0.25) is 0 Å². The topological polar surface area (TPSA) is 15.3 Å². The second kappa shape index (κ2) is 11.3. The van der Waals surface area contributed by atoms with Gasteiger partial charge in [-0.1, -0.05) is 54.6 Å². The Morgan fingerprint density at radius 3 is 2.32 bits per heavy atom. The number of hydrogen-bond donors (Lipinski definition) is 1. The zero-order chi connectivity index (χ0) is 15.9. The van der Waals surface area contributed by atoms with E-state index in [-0.39, 0.29) is 24.8 Å². The first kappa shape index (κ1) is 21.7. The highest BCUT2D eigenvalue weighted by Gasteiger charge is 2.21. The molecule has 1 heterocycles. The number of benzene rings is 2. The number of allylic oxidation sites excluding steroid dienone is 1. The molecule has 136 valence electrons. The Labute approximate surface area is 164 Å². The van der Waals surface area contributed by atoms with E-state index < -0.39 is 0 Å². The summed E-state index contributed by atoms with van der Waals surface area (Å²) < 4.78 is 0. The van der Waals surface area contributed by atoms with Gasteiger partial charge in [-0.3, -0.25) is 4.90 Å². The second-order valence-electron chi connectivity index (χ2n) is 6.16. The van der Waals surface area contributed by atoms with Gasteiger partial charge in [-0.05, 0) is 35.6 Å². The lowest BCUT2D eigenvalue weighted by Gasteiger charge is -2.35. The minimum atomic E-state index is 0. The number of hydrogen-bond acceptors (Lipinski definition) is 2. The number of nitrogens with zero attached hydrogens (tertiary/aromatic N) is 1. The van der Waals surface area contributed by atoms with Gasteiger partial charge < -0.3 is 5.32 Å². The molecule has 0 amide bonds. The normalized spacial score (nSPS) is 15.5. The SMILES string of the molecule is C=CCC[C@@H](c1cccc(-c2ccccc2)c1)N1CCNCC1.Cl.Cl. The molecule has 1 aliphatic heterocycles. The fraction of sp³-hybridized carbons (Fsp3) is 0.333. The monoisotopic (exact) mass is 378 g/mol. The largest absolute Gasteiger partial charge is 0.314 e. The summed E-state index contributed by atoms with van der Waals surface area (Å²) in [5.41, 5.74) is 4.02. The third-order valence-corrected chi connectivity index (χ3v) is 4.62. The first-order valence-corrected chi connectivity index (χ1v) is 8.59. The molecule has 2 nitrogen and oxygen atoms in total. The molecule has 1 aliphatic rings. The molecule has 25 heavy (non-hydrogen) atoms. The smallest absolute Gasteiger partial charge is 0.0352 e. The van der Waals surface area contributed by atoms with Gasteiger partial charge >= 0.3 is 0 Å². The van der Waals surface area contributed by atoms with Crippen LogP contribution in [0.1, 0.15) is 24.4 Å². The predicted octanol–water partition coefficient (Wildman–Crippen LogP) is 5.11. The van der Waals surface area contributed by atoms with Crippen LogP contribution >= 0.6 is 24.8 Å². The van der Waals surface area contributed by atoms with E-state index in [1.807, 2.05) is 6.08 Å². The van der Waals surface area contributed by atoms with Gasteiger partial charge in [0.25, 0.3) is 0 Å². The third-order valence-electron chi connectivity index (χ3n) is 4.62. The van der Waals surface area contributed by atoms with Crippen molar-refractivity contribution in [1.29, 1.82) is 0 Å². The van der Waals surface area contributed by atoms with Crippen molar-refractivity contribution >= 4 is 24.8 Å². The average Bonchev–Trinajstić information content (AvgIpc) is 2.64. The van der Waals surface area contributed by atoms with Crippen LogP contribution in [0.4, 0.5) is 0 Å². The highest BCUT2D eigenvalue weighted by molar-refractivity contribution is 5.85. The summed E-state index contributed by atoms with van der Waals surface area (Å²) in [5, 5.41) is 3.45. The van der Waals surface area contributed by atoms with E-state index in [1.54, 1.807) is 0 Å². The first-order chi connectivity index (χ1) is 11.4. The molecule has 0 radical (unpaired) electrons. The van der Waals surface area contributed by atoms with E-state index in [0.717, 1.165) is 39.0 Å². The van der Waals surface area contributed by atoms with E-state index in [2.05, 4.69) is 71.4 Å². The molecular weight excluding hydrogens is 351 g/mol. The Bertz CT molecular complexity index is 625. The van der Waals surface area contributed by atoms with E-state index in [1.165, 1.54) is 16.7 Å². The molecule has 0 saturated carbocycles. The van der Waals surface area contributed by atoms with Crippen molar-refractivity contribution in [3.8, 4) is 11.1 Å². The maximum absolute atomic E-state index is 3.91. The minimum Gasteiger partial charge on any atom is -0.314 e. The summed E-state index contributed by atoms with van der Waals surface area (Å²) in [7, 11) is 0. The lowest BCUT2D eigenvalue weighted by Crippen LogP contribution is -2.45. The summed E-state index contributed by atoms with van der Waals surface area (Å²) in [6.07, 6.45) is 4.24. The fourth-order valence-electron chi connectivity index (χ4n) is 3.39. The fourth-order valence-corrected chi connectivity index (χ4v) is 3.39. The predicted molar refractivity (Wildman–Crippen MR) is 113 cm³/mol. The van der Waals surface area contributed by atoms with Crippen LogP contribution in [0.3, 0.4) is 0 Å². The van der Waals surface area contributed by atoms with Crippen LogP contribution in [0.5, 0.6) is 0 Å². The maximum atomic E-state index is 3.91. The van der Waals surface area contributed by atoms with Gasteiger partial charge in [0.05, 0.1) is 0 Å². The van der Waals surface area contributed by atoms with Gasteiger partial charge in [-0.25, -0.2) is 0 Å². The quantitative estimate of drug-likeness (QED) is 0.702. The second-order valence-corrected chi connectivity index (χ2v) is 6.16. The van der Waals surface area contributed by atoms with E-state index in [9.17, 15) is 0 Å². The van der Waals surface area contributed by atoms with E-state index in [0.29, 0.717) is 6.04 Å². The van der Waals surface area contributed by atoms with Crippen LogP contribution in [0.25, 0.3) is 11.1 Å². The zero-order valence-corrected chi connectivity index (χ0v) is 16.2. The third kappa shape index (κ3) is 5.86. The summed E-state index contributed by atoms with van der Waals surface area (Å²) >= 11 is 0. The van der Waals surface area contributed by atoms with Crippen LogP contribution in [0.15, 0.2) is 67.3 Å². The molecule has 1 fully saturated rings. The Morgan fingerprint density at radius 2 is 1.64 bits per heavy atom. The van der Waals surface area contributed by atoms with Gasteiger partial charge in [0.1, 0.15) is 0 Å². The molecule has 0 bridgehead atoms. The highest BCUT2D eigenvalue weighted by atomic mass is 35.5. The van der Waals surface area contributed by atoms with Crippen LogP contribution < -0.4 is 5.32 Å². The Kier molecular flexibility index (Phi) is 9.84. The minimum absolute atomic E-state index is 0. The maximum Gasteiger partial charge on any atom is 0.0352 e. The number of nitrogens with one attached hydrogen (secondary N) is 1. The van der Waals surface area contributed by atoms with Crippen LogP contribution in [0.2, 0.25) is 0 Å². The van der Waals surface area contributed by atoms with Gasteiger partial charge in [0, 0.05) is 32.2 Å². The summed E-state index contributed by atoms with van der Waals surface area (Å²) in [5.74, 6) is 0. The number of piperazine rings is 1. The Hall–Kier alpha value is -1.32. The average molecular weight is 379 g/mol. The van der Waals surface area contributed by atoms with Crippen LogP contribution in [-0.2, 0) is 0 Å². The molecule has 0 aliphatic carbocycles. The molecule has 1 atom stereocenters. The molecule has 0 aromatic heterocycles. The lowest BCUT2D eigenvalue weighted by atomic mass is 9.95. The van der Waals surface area contributed by atoms with Crippen molar-refractivity contribution < 1.29 is 0 Å². The van der Waals surface area contributed by atoms with Crippen molar-refractivity contribution in [2.24, 2.45) is 0 Å². The molecule has 0 spiro atoms. The van der Waals surface area contributed by atoms with Gasteiger partial charge in [-0.2, -0.15) is 0 Å². The zero-order valence-electron chi connectivity index (χ0n) is 14.6. The van der Waals surface area contributed by atoms with Crippen molar-refractivity contribution in [3.63, 3.8) is 0 Å². The van der Waals surface area contributed by atoms with Gasteiger partial charge in [0.15, 0.2) is 0 Å². The summed E-state index contributed by atoms with van der Waals surface area (Å²) in [6.45, 7) is 8.32. The number of rotatable bonds is 6.